The average molecular weight is 325 g/mol. The fraction of sp³-hybridized carbons (Fsp3) is 0.200. The molecule has 2 aromatic rings. The van der Waals surface area contributed by atoms with E-state index in [1.165, 1.54) is 16.8 Å². The van der Waals surface area contributed by atoms with Gasteiger partial charge in [0.1, 0.15) is 11.6 Å². The maximum atomic E-state index is 12.1. The SMILES string of the molecule is Cc1ccc(C)c(NC(=O)Cn2cc(Cl)cc(Cl)c2=O)c1. The Morgan fingerprint density at radius 3 is 2.67 bits per heavy atom. The molecule has 4 nitrogen and oxygen atoms in total. The molecule has 1 aromatic carbocycles. The molecule has 1 N–H and O–H groups in total. The van der Waals surface area contributed by atoms with E-state index in [1.807, 2.05) is 32.0 Å². The van der Waals surface area contributed by atoms with Crippen LogP contribution in [0, 0.1) is 13.8 Å². The molecule has 0 bridgehead atoms. The molecule has 0 atom stereocenters. The number of carbonyl (C=O) groups excluding carboxylic acids is 1. The number of amides is 1. The second-order valence-corrected chi connectivity index (χ2v) is 5.65. The van der Waals surface area contributed by atoms with Gasteiger partial charge in [0.2, 0.25) is 5.91 Å². The van der Waals surface area contributed by atoms with Gasteiger partial charge in [-0.2, -0.15) is 0 Å². The molecule has 6 heteroatoms. The number of aryl methyl sites for hydroxylation is 2. The summed E-state index contributed by atoms with van der Waals surface area (Å²) in [5.74, 6) is -0.316. The summed E-state index contributed by atoms with van der Waals surface area (Å²) in [6, 6.07) is 7.12. The fourth-order valence-corrected chi connectivity index (χ4v) is 2.41. The van der Waals surface area contributed by atoms with Gasteiger partial charge >= 0.3 is 0 Å². The largest absolute Gasteiger partial charge is 0.324 e. The number of nitrogens with zero attached hydrogens (tertiary/aromatic N) is 1. The van der Waals surface area contributed by atoms with Crippen molar-refractivity contribution in [3.63, 3.8) is 0 Å². The van der Waals surface area contributed by atoms with Crippen molar-refractivity contribution in [1.82, 2.24) is 4.57 Å². The van der Waals surface area contributed by atoms with Crippen LogP contribution in [0.2, 0.25) is 10.0 Å². The number of benzene rings is 1. The maximum absolute atomic E-state index is 12.1. The van der Waals surface area contributed by atoms with E-state index in [0.717, 1.165) is 16.8 Å². The van der Waals surface area contributed by atoms with Crippen molar-refractivity contribution in [2.24, 2.45) is 0 Å². The van der Waals surface area contributed by atoms with Gasteiger partial charge in [0.25, 0.3) is 5.56 Å². The molecule has 0 radical (unpaired) electrons. The second kappa shape index (κ2) is 6.33. The maximum Gasteiger partial charge on any atom is 0.269 e. The summed E-state index contributed by atoms with van der Waals surface area (Å²) in [7, 11) is 0. The average Bonchev–Trinajstić information content (AvgIpc) is 2.39. The van der Waals surface area contributed by atoms with Crippen LogP contribution in [0.3, 0.4) is 0 Å². The summed E-state index contributed by atoms with van der Waals surface area (Å²) in [6.45, 7) is 3.69. The van der Waals surface area contributed by atoms with Gasteiger partial charge in [-0.25, -0.2) is 0 Å². The van der Waals surface area contributed by atoms with E-state index in [2.05, 4.69) is 5.32 Å². The molecule has 0 aliphatic carbocycles. The normalized spacial score (nSPS) is 10.5. The number of rotatable bonds is 3. The van der Waals surface area contributed by atoms with Gasteiger partial charge < -0.3 is 9.88 Å². The summed E-state index contributed by atoms with van der Waals surface area (Å²) < 4.78 is 1.19. The van der Waals surface area contributed by atoms with Crippen LogP contribution in [-0.4, -0.2) is 10.5 Å². The van der Waals surface area contributed by atoms with Crippen LogP contribution >= 0.6 is 23.2 Å². The summed E-state index contributed by atoms with van der Waals surface area (Å²) >= 11 is 11.6. The smallest absolute Gasteiger partial charge is 0.269 e. The number of nitrogens with one attached hydrogen (secondary N) is 1. The third kappa shape index (κ3) is 3.86. The lowest BCUT2D eigenvalue weighted by atomic mass is 10.1. The topological polar surface area (TPSA) is 51.1 Å². The van der Waals surface area contributed by atoms with Crippen LogP contribution in [0.25, 0.3) is 0 Å². The summed E-state index contributed by atoms with van der Waals surface area (Å²) in [5.41, 5.74) is 2.27. The fourth-order valence-electron chi connectivity index (χ4n) is 1.90. The van der Waals surface area contributed by atoms with E-state index in [4.69, 9.17) is 23.2 Å². The number of hydrogen-bond donors (Lipinski definition) is 1. The van der Waals surface area contributed by atoms with Crippen molar-refractivity contribution in [3.8, 4) is 0 Å². The Morgan fingerprint density at radius 1 is 1.24 bits per heavy atom. The number of hydrogen-bond acceptors (Lipinski definition) is 2. The molecule has 21 heavy (non-hydrogen) atoms. The first kappa shape index (κ1) is 15.6. The third-order valence-corrected chi connectivity index (χ3v) is 3.47. The predicted molar refractivity (Wildman–Crippen MR) is 85.3 cm³/mol. The molecule has 2 rings (SSSR count). The van der Waals surface area contributed by atoms with Gasteiger partial charge in [0.15, 0.2) is 0 Å². The first-order valence-electron chi connectivity index (χ1n) is 6.29. The van der Waals surface area contributed by atoms with Gasteiger partial charge in [0.05, 0.1) is 5.02 Å². The molecular weight excluding hydrogens is 311 g/mol. The molecule has 0 fully saturated rings. The molecule has 1 heterocycles. The minimum atomic E-state index is -0.447. The third-order valence-electron chi connectivity index (χ3n) is 2.99. The Hall–Kier alpha value is -1.78. The highest BCUT2D eigenvalue weighted by Gasteiger charge is 2.10. The molecule has 0 spiro atoms. The lowest BCUT2D eigenvalue weighted by molar-refractivity contribution is -0.116. The Morgan fingerprint density at radius 2 is 1.95 bits per heavy atom. The molecule has 1 aromatic heterocycles. The van der Waals surface area contributed by atoms with Crippen molar-refractivity contribution in [3.05, 3.63) is 62.0 Å². The summed E-state index contributed by atoms with van der Waals surface area (Å²) in [5, 5.41) is 3.07. The molecule has 0 saturated carbocycles. The summed E-state index contributed by atoms with van der Waals surface area (Å²) in [4.78, 5) is 23.9. The minimum absolute atomic E-state index is 0.0120. The van der Waals surface area contributed by atoms with Crippen molar-refractivity contribution in [1.29, 1.82) is 0 Å². The molecule has 1 amide bonds. The van der Waals surface area contributed by atoms with E-state index in [1.54, 1.807) is 0 Å². The molecule has 110 valence electrons. The lowest BCUT2D eigenvalue weighted by Gasteiger charge is -2.11. The van der Waals surface area contributed by atoms with Crippen LogP contribution in [-0.2, 0) is 11.3 Å². The second-order valence-electron chi connectivity index (χ2n) is 4.81. The van der Waals surface area contributed by atoms with Gasteiger partial charge in [0, 0.05) is 11.9 Å². The Balaban J connectivity index is 2.19. The number of carbonyl (C=O) groups is 1. The van der Waals surface area contributed by atoms with Gasteiger partial charge in [-0.15, -0.1) is 0 Å². The van der Waals surface area contributed by atoms with Crippen molar-refractivity contribution < 1.29 is 4.79 Å². The van der Waals surface area contributed by atoms with Crippen molar-refractivity contribution >= 4 is 34.8 Å². The van der Waals surface area contributed by atoms with Crippen LogP contribution < -0.4 is 10.9 Å². The van der Waals surface area contributed by atoms with E-state index in [-0.39, 0.29) is 17.5 Å². The standard InChI is InChI=1S/C15H14Cl2N2O2/c1-9-3-4-10(2)13(5-9)18-14(20)8-19-7-11(16)6-12(17)15(19)21/h3-7H,8H2,1-2H3,(H,18,20). The zero-order chi connectivity index (χ0) is 15.6. The predicted octanol–water partition coefficient (Wildman–Crippen LogP) is 3.41. The first-order valence-corrected chi connectivity index (χ1v) is 7.05. The molecular formula is C15H14Cl2N2O2. The first-order chi connectivity index (χ1) is 9.86. The van der Waals surface area contributed by atoms with Crippen LogP contribution in [0.1, 0.15) is 11.1 Å². The zero-order valence-electron chi connectivity index (χ0n) is 11.6. The number of halogens is 2. The lowest BCUT2D eigenvalue weighted by Crippen LogP contribution is -2.27. The highest BCUT2D eigenvalue weighted by atomic mass is 35.5. The monoisotopic (exact) mass is 324 g/mol. The Kier molecular flexibility index (Phi) is 4.70. The number of aromatic nitrogens is 1. The summed E-state index contributed by atoms with van der Waals surface area (Å²) in [6.07, 6.45) is 1.39. The highest BCUT2D eigenvalue weighted by Crippen LogP contribution is 2.16. The quantitative estimate of drug-likeness (QED) is 0.940. The van der Waals surface area contributed by atoms with Crippen LogP contribution in [0.15, 0.2) is 35.3 Å². The van der Waals surface area contributed by atoms with Crippen molar-refractivity contribution in [2.45, 2.75) is 20.4 Å². The number of anilines is 1. The van der Waals surface area contributed by atoms with Gasteiger partial charge in [-0.3, -0.25) is 9.59 Å². The van der Waals surface area contributed by atoms with Crippen LogP contribution in [0.5, 0.6) is 0 Å². The minimum Gasteiger partial charge on any atom is -0.324 e. The van der Waals surface area contributed by atoms with E-state index >= 15 is 0 Å². The number of pyridine rings is 1. The van der Waals surface area contributed by atoms with Crippen LogP contribution in [0.4, 0.5) is 5.69 Å². The van der Waals surface area contributed by atoms with E-state index in [0.29, 0.717) is 5.02 Å². The van der Waals surface area contributed by atoms with E-state index in [9.17, 15) is 9.59 Å². The molecule has 0 unspecified atom stereocenters. The highest BCUT2D eigenvalue weighted by molar-refractivity contribution is 6.34. The van der Waals surface area contributed by atoms with E-state index < -0.39 is 5.56 Å². The van der Waals surface area contributed by atoms with Crippen molar-refractivity contribution in [2.75, 3.05) is 5.32 Å². The Bertz CT molecular complexity index is 754. The van der Waals surface area contributed by atoms with Gasteiger partial charge in [-0.05, 0) is 37.1 Å². The van der Waals surface area contributed by atoms with Gasteiger partial charge in [-0.1, -0.05) is 35.3 Å². The molecule has 0 aliphatic heterocycles. The molecule has 0 saturated heterocycles. The Labute approximate surface area is 132 Å². The zero-order valence-corrected chi connectivity index (χ0v) is 13.1. The molecule has 0 aliphatic rings.